The second-order valence-electron chi connectivity index (χ2n) is 5.26. The Morgan fingerprint density at radius 2 is 2.11 bits per heavy atom. The lowest BCUT2D eigenvalue weighted by molar-refractivity contribution is -0.155. The van der Waals surface area contributed by atoms with Crippen LogP contribution in [-0.4, -0.2) is 47.6 Å². The van der Waals surface area contributed by atoms with Crippen LogP contribution in [0.1, 0.15) is 40.0 Å². The van der Waals surface area contributed by atoms with E-state index in [0.717, 1.165) is 12.8 Å². The third-order valence-corrected chi connectivity index (χ3v) is 3.86. The van der Waals surface area contributed by atoms with E-state index in [-0.39, 0.29) is 30.0 Å². The zero-order valence-corrected chi connectivity index (χ0v) is 11.3. The minimum Gasteiger partial charge on any atom is -0.378 e. The van der Waals surface area contributed by atoms with E-state index in [0.29, 0.717) is 13.0 Å². The molecule has 0 spiro atoms. The van der Waals surface area contributed by atoms with Gasteiger partial charge in [-0.2, -0.15) is 0 Å². The minimum absolute atomic E-state index is 0.0243. The molecule has 0 bridgehead atoms. The van der Waals surface area contributed by atoms with Crippen molar-refractivity contribution >= 4 is 11.8 Å². The van der Waals surface area contributed by atoms with Gasteiger partial charge in [0, 0.05) is 12.6 Å². The Morgan fingerprint density at radius 3 is 2.72 bits per heavy atom. The van der Waals surface area contributed by atoms with E-state index in [2.05, 4.69) is 5.32 Å². The topological polar surface area (TPSA) is 58.6 Å². The molecule has 18 heavy (non-hydrogen) atoms. The lowest BCUT2D eigenvalue weighted by Gasteiger charge is -2.44. The molecule has 0 aromatic heterocycles. The van der Waals surface area contributed by atoms with E-state index in [9.17, 15) is 9.59 Å². The minimum atomic E-state index is -0.404. The maximum absolute atomic E-state index is 12.3. The average Bonchev–Trinajstić information content (AvgIpc) is 2.33. The number of nitrogens with one attached hydrogen (secondary N) is 1. The Labute approximate surface area is 108 Å². The summed E-state index contributed by atoms with van der Waals surface area (Å²) in [6.45, 7) is 6.39. The molecule has 2 heterocycles. The van der Waals surface area contributed by atoms with Crippen molar-refractivity contribution in [1.82, 2.24) is 10.2 Å². The number of nitrogens with zero attached hydrogens (tertiary/aromatic N) is 1. The van der Waals surface area contributed by atoms with Gasteiger partial charge in [-0.3, -0.25) is 9.59 Å². The van der Waals surface area contributed by atoms with Crippen LogP contribution in [0.25, 0.3) is 0 Å². The third-order valence-electron chi connectivity index (χ3n) is 3.86. The number of carbonyl (C=O) groups is 2. The van der Waals surface area contributed by atoms with Gasteiger partial charge in [-0.15, -0.1) is 0 Å². The number of piperazine rings is 1. The lowest BCUT2D eigenvalue weighted by atomic mass is 9.96. The van der Waals surface area contributed by atoms with Crippen molar-refractivity contribution in [2.45, 2.75) is 64.3 Å². The van der Waals surface area contributed by atoms with Crippen LogP contribution in [0.4, 0.5) is 0 Å². The molecule has 5 nitrogen and oxygen atoms in total. The molecule has 2 amide bonds. The predicted octanol–water partition coefficient (Wildman–Crippen LogP) is 0.679. The highest BCUT2D eigenvalue weighted by Gasteiger charge is 2.42. The summed E-state index contributed by atoms with van der Waals surface area (Å²) in [5, 5.41) is 2.75. The molecule has 4 unspecified atom stereocenters. The van der Waals surface area contributed by atoms with Gasteiger partial charge in [0.05, 0.1) is 6.10 Å². The number of hydrogen-bond acceptors (Lipinski definition) is 3. The summed E-state index contributed by atoms with van der Waals surface area (Å²) in [6, 6.07) is -0.581. The maximum atomic E-state index is 12.3. The molecule has 0 radical (unpaired) electrons. The van der Waals surface area contributed by atoms with E-state index in [1.165, 1.54) is 0 Å². The molecule has 0 aromatic carbocycles. The first kappa shape index (κ1) is 13.3. The van der Waals surface area contributed by atoms with Gasteiger partial charge in [-0.05, 0) is 33.1 Å². The normalized spacial score (nSPS) is 37.6. The Kier molecular flexibility index (Phi) is 3.90. The first-order chi connectivity index (χ1) is 8.54. The fraction of sp³-hybridized carbons (Fsp3) is 0.846. The molecule has 2 aliphatic rings. The Hall–Kier alpha value is -1.10. The number of carbonyl (C=O) groups excluding carboxylic acids is 2. The molecule has 0 aromatic rings. The van der Waals surface area contributed by atoms with Crippen LogP contribution in [0, 0.1) is 0 Å². The monoisotopic (exact) mass is 254 g/mol. The Bertz CT molecular complexity index is 345. The first-order valence-corrected chi connectivity index (χ1v) is 6.78. The van der Waals surface area contributed by atoms with E-state index in [4.69, 9.17) is 4.74 Å². The molecule has 0 saturated carbocycles. The van der Waals surface area contributed by atoms with Crippen LogP contribution < -0.4 is 5.32 Å². The molecule has 102 valence electrons. The van der Waals surface area contributed by atoms with Gasteiger partial charge >= 0.3 is 0 Å². The maximum Gasteiger partial charge on any atom is 0.245 e. The summed E-state index contributed by atoms with van der Waals surface area (Å²) >= 11 is 0. The fourth-order valence-corrected chi connectivity index (χ4v) is 2.92. The number of hydrogen-bond donors (Lipinski definition) is 1. The molecular formula is C13H22N2O3. The van der Waals surface area contributed by atoms with Crippen molar-refractivity contribution in [3.63, 3.8) is 0 Å². The third kappa shape index (κ3) is 2.36. The quantitative estimate of drug-likeness (QED) is 0.788. The first-order valence-electron chi connectivity index (χ1n) is 6.78. The standard InChI is InChI=1S/C13H22N2O3/c1-4-11-12(16)14-9(3)13(17)15(11)10-5-6-18-8(2)7-10/h8-11H,4-7H2,1-3H3,(H,14,16). The second kappa shape index (κ2) is 5.26. The van der Waals surface area contributed by atoms with Gasteiger partial charge in [0.25, 0.3) is 0 Å². The summed E-state index contributed by atoms with van der Waals surface area (Å²) in [7, 11) is 0. The van der Waals surface area contributed by atoms with E-state index in [1.807, 2.05) is 18.7 Å². The van der Waals surface area contributed by atoms with Gasteiger partial charge in [0.15, 0.2) is 0 Å². The number of rotatable bonds is 2. The molecule has 0 aliphatic carbocycles. The van der Waals surface area contributed by atoms with Gasteiger partial charge in [-0.25, -0.2) is 0 Å². The fourth-order valence-electron chi connectivity index (χ4n) is 2.92. The summed E-state index contributed by atoms with van der Waals surface area (Å²) < 4.78 is 5.52. The molecule has 2 rings (SSSR count). The summed E-state index contributed by atoms with van der Waals surface area (Å²) in [5.41, 5.74) is 0. The molecular weight excluding hydrogens is 232 g/mol. The lowest BCUT2D eigenvalue weighted by Crippen LogP contribution is -2.65. The smallest absolute Gasteiger partial charge is 0.245 e. The average molecular weight is 254 g/mol. The van der Waals surface area contributed by atoms with Crippen LogP contribution >= 0.6 is 0 Å². The molecule has 2 fully saturated rings. The van der Waals surface area contributed by atoms with E-state index < -0.39 is 6.04 Å². The molecule has 2 aliphatic heterocycles. The van der Waals surface area contributed by atoms with Crippen LogP contribution in [0.2, 0.25) is 0 Å². The Morgan fingerprint density at radius 1 is 1.39 bits per heavy atom. The molecule has 5 heteroatoms. The van der Waals surface area contributed by atoms with E-state index in [1.54, 1.807) is 6.92 Å². The van der Waals surface area contributed by atoms with Crippen molar-refractivity contribution in [3.05, 3.63) is 0 Å². The SMILES string of the molecule is CCC1C(=O)NC(C)C(=O)N1C1CCOC(C)C1. The van der Waals surface area contributed by atoms with Crippen LogP contribution in [0.3, 0.4) is 0 Å². The Balaban J connectivity index is 2.19. The molecule has 2 saturated heterocycles. The number of amides is 2. The highest BCUT2D eigenvalue weighted by molar-refractivity contribution is 5.96. The van der Waals surface area contributed by atoms with Crippen LogP contribution in [0.5, 0.6) is 0 Å². The van der Waals surface area contributed by atoms with E-state index >= 15 is 0 Å². The summed E-state index contributed by atoms with van der Waals surface area (Å²) in [5.74, 6) is 0.0179. The highest BCUT2D eigenvalue weighted by atomic mass is 16.5. The van der Waals surface area contributed by atoms with Crippen molar-refractivity contribution < 1.29 is 14.3 Å². The number of ether oxygens (including phenoxy) is 1. The summed E-state index contributed by atoms with van der Waals surface area (Å²) in [6.07, 6.45) is 2.47. The van der Waals surface area contributed by atoms with Crippen LogP contribution in [0.15, 0.2) is 0 Å². The molecule has 1 N–H and O–H groups in total. The van der Waals surface area contributed by atoms with Crippen molar-refractivity contribution in [2.75, 3.05) is 6.61 Å². The highest BCUT2D eigenvalue weighted by Crippen LogP contribution is 2.25. The summed E-state index contributed by atoms with van der Waals surface area (Å²) in [4.78, 5) is 26.1. The van der Waals surface area contributed by atoms with Gasteiger partial charge in [-0.1, -0.05) is 6.92 Å². The largest absolute Gasteiger partial charge is 0.378 e. The molecule has 4 atom stereocenters. The second-order valence-corrected chi connectivity index (χ2v) is 5.26. The zero-order valence-electron chi connectivity index (χ0n) is 11.3. The van der Waals surface area contributed by atoms with Gasteiger partial charge < -0.3 is 15.0 Å². The van der Waals surface area contributed by atoms with Crippen molar-refractivity contribution in [2.24, 2.45) is 0 Å². The predicted molar refractivity (Wildman–Crippen MR) is 67.0 cm³/mol. The van der Waals surface area contributed by atoms with Crippen molar-refractivity contribution in [1.29, 1.82) is 0 Å². The van der Waals surface area contributed by atoms with Gasteiger partial charge in [0.2, 0.25) is 11.8 Å². The van der Waals surface area contributed by atoms with Gasteiger partial charge in [0.1, 0.15) is 12.1 Å². The zero-order chi connectivity index (χ0) is 13.3. The van der Waals surface area contributed by atoms with Crippen LogP contribution in [-0.2, 0) is 14.3 Å². The van der Waals surface area contributed by atoms with Crippen molar-refractivity contribution in [3.8, 4) is 0 Å².